The number of unbranched alkanes of at least 4 members (excludes halogenated alkanes) is 2. The van der Waals surface area contributed by atoms with Crippen LogP contribution >= 0.6 is 0 Å². The van der Waals surface area contributed by atoms with E-state index in [-0.39, 0.29) is 42.8 Å². The van der Waals surface area contributed by atoms with Crippen LogP contribution < -0.4 is 5.32 Å². The molecule has 0 rings (SSSR count). The number of rotatable bonds is 15. The maximum atomic E-state index is 12.1. The lowest BCUT2D eigenvalue weighted by atomic mass is 10.00. The van der Waals surface area contributed by atoms with E-state index in [1.807, 2.05) is 13.8 Å². The van der Waals surface area contributed by atoms with E-state index in [1.54, 1.807) is 6.92 Å². The summed E-state index contributed by atoms with van der Waals surface area (Å²) in [5.41, 5.74) is 0. The van der Waals surface area contributed by atoms with Crippen LogP contribution in [-0.2, 0) is 23.9 Å². The topological polar surface area (TPSA) is 81.7 Å². The number of esters is 2. The summed E-state index contributed by atoms with van der Waals surface area (Å²) >= 11 is 0. The molecule has 27 heavy (non-hydrogen) atoms. The van der Waals surface area contributed by atoms with Gasteiger partial charge < -0.3 is 14.8 Å². The fraction of sp³-hybridized carbons (Fsp3) is 0.857. The number of hydrogen-bond acceptors (Lipinski definition) is 5. The molecule has 0 aliphatic carbocycles. The van der Waals surface area contributed by atoms with Crippen molar-refractivity contribution >= 4 is 17.8 Å². The Kier molecular flexibility index (Phi) is 14.6. The molecule has 0 spiro atoms. The SMILES string of the molecule is CCCC[C@H](CC)C(=O)OCCNC(=O)[C@@H](C)OC(=O)[C@@H](CC)CCCC. The minimum atomic E-state index is -0.850. The van der Waals surface area contributed by atoms with Crippen molar-refractivity contribution in [2.75, 3.05) is 13.2 Å². The van der Waals surface area contributed by atoms with Crippen LogP contribution in [-0.4, -0.2) is 37.1 Å². The molecule has 0 unspecified atom stereocenters. The Morgan fingerprint density at radius 3 is 1.85 bits per heavy atom. The van der Waals surface area contributed by atoms with Crippen LogP contribution in [0.15, 0.2) is 0 Å². The number of nitrogens with one attached hydrogen (secondary N) is 1. The van der Waals surface area contributed by atoms with Crippen LogP contribution in [0.3, 0.4) is 0 Å². The first-order chi connectivity index (χ1) is 12.9. The number of hydrogen-bond donors (Lipinski definition) is 1. The molecular formula is C21H39NO5. The van der Waals surface area contributed by atoms with Crippen molar-refractivity contribution in [1.82, 2.24) is 5.32 Å². The molecule has 3 atom stereocenters. The predicted octanol–water partition coefficient (Wildman–Crippen LogP) is 4.01. The monoisotopic (exact) mass is 385 g/mol. The van der Waals surface area contributed by atoms with E-state index in [2.05, 4.69) is 19.2 Å². The Bertz CT molecular complexity index is 438. The van der Waals surface area contributed by atoms with Crippen LogP contribution in [0, 0.1) is 11.8 Å². The summed E-state index contributed by atoms with van der Waals surface area (Å²) in [6.45, 7) is 9.99. The van der Waals surface area contributed by atoms with Crippen molar-refractivity contribution in [2.45, 2.75) is 92.1 Å². The molecule has 158 valence electrons. The summed E-state index contributed by atoms with van der Waals surface area (Å²) in [4.78, 5) is 36.2. The summed E-state index contributed by atoms with van der Waals surface area (Å²) in [6.07, 6.45) is 6.28. The van der Waals surface area contributed by atoms with E-state index < -0.39 is 6.10 Å². The van der Waals surface area contributed by atoms with Gasteiger partial charge in [0.25, 0.3) is 5.91 Å². The molecule has 6 nitrogen and oxygen atoms in total. The molecular weight excluding hydrogens is 346 g/mol. The fourth-order valence-electron chi connectivity index (χ4n) is 2.79. The molecule has 0 aromatic rings. The summed E-state index contributed by atoms with van der Waals surface area (Å²) in [5.74, 6) is -1.13. The predicted molar refractivity (Wildman–Crippen MR) is 106 cm³/mol. The zero-order valence-corrected chi connectivity index (χ0v) is 17.8. The Labute approximate surface area is 164 Å². The highest BCUT2D eigenvalue weighted by atomic mass is 16.5. The lowest BCUT2D eigenvalue weighted by molar-refractivity contribution is -0.159. The second-order valence-electron chi connectivity index (χ2n) is 7.03. The maximum absolute atomic E-state index is 12.1. The molecule has 1 N–H and O–H groups in total. The van der Waals surface area contributed by atoms with Crippen LogP contribution in [0.1, 0.15) is 86.0 Å². The molecule has 0 bridgehead atoms. The van der Waals surface area contributed by atoms with Crippen LogP contribution in [0.4, 0.5) is 0 Å². The second-order valence-corrected chi connectivity index (χ2v) is 7.03. The van der Waals surface area contributed by atoms with E-state index in [4.69, 9.17) is 9.47 Å². The first-order valence-electron chi connectivity index (χ1n) is 10.6. The molecule has 0 aliphatic heterocycles. The molecule has 0 saturated heterocycles. The number of amides is 1. The first kappa shape index (κ1) is 25.4. The smallest absolute Gasteiger partial charge is 0.309 e. The van der Waals surface area contributed by atoms with Gasteiger partial charge in [-0.15, -0.1) is 0 Å². The average Bonchev–Trinajstić information content (AvgIpc) is 2.66. The van der Waals surface area contributed by atoms with E-state index in [0.717, 1.165) is 44.9 Å². The van der Waals surface area contributed by atoms with Gasteiger partial charge in [-0.1, -0.05) is 53.4 Å². The minimum absolute atomic E-state index is 0.0744. The van der Waals surface area contributed by atoms with Crippen molar-refractivity contribution in [1.29, 1.82) is 0 Å². The molecule has 0 saturated carbocycles. The van der Waals surface area contributed by atoms with Crippen LogP contribution in [0.5, 0.6) is 0 Å². The Hall–Kier alpha value is -1.59. The van der Waals surface area contributed by atoms with Crippen LogP contribution in [0.25, 0.3) is 0 Å². The molecule has 0 radical (unpaired) electrons. The molecule has 0 heterocycles. The fourth-order valence-corrected chi connectivity index (χ4v) is 2.79. The number of carbonyl (C=O) groups is 3. The third-order valence-corrected chi connectivity index (χ3v) is 4.77. The van der Waals surface area contributed by atoms with Crippen molar-refractivity contribution < 1.29 is 23.9 Å². The van der Waals surface area contributed by atoms with Crippen molar-refractivity contribution in [3.05, 3.63) is 0 Å². The third kappa shape index (κ3) is 11.0. The van der Waals surface area contributed by atoms with Gasteiger partial charge in [0.05, 0.1) is 18.4 Å². The van der Waals surface area contributed by atoms with Gasteiger partial charge in [0, 0.05) is 0 Å². The van der Waals surface area contributed by atoms with Crippen molar-refractivity contribution in [2.24, 2.45) is 11.8 Å². The molecule has 0 fully saturated rings. The second kappa shape index (κ2) is 15.5. The van der Waals surface area contributed by atoms with Gasteiger partial charge in [-0.2, -0.15) is 0 Å². The van der Waals surface area contributed by atoms with Gasteiger partial charge in [-0.3, -0.25) is 14.4 Å². The van der Waals surface area contributed by atoms with Gasteiger partial charge >= 0.3 is 11.9 Å². The van der Waals surface area contributed by atoms with E-state index in [1.165, 1.54) is 0 Å². The van der Waals surface area contributed by atoms with Crippen molar-refractivity contribution in [3.63, 3.8) is 0 Å². The zero-order valence-electron chi connectivity index (χ0n) is 17.8. The van der Waals surface area contributed by atoms with Crippen LogP contribution in [0.2, 0.25) is 0 Å². The van der Waals surface area contributed by atoms with E-state index in [9.17, 15) is 14.4 Å². The lowest BCUT2D eigenvalue weighted by Crippen LogP contribution is -2.39. The highest BCUT2D eigenvalue weighted by molar-refractivity contribution is 5.83. The molecule has 0 aromatic heterocycles. The number of carbonyl (C=O) groups excluding carboxylic acids is 3. The largest absolute Gasteiger partial charge is 0.464 e. The lowest BCUT2D eigenvalue weighted by Gasteiger charge is -2.18. The molecule has 0 aliphatic rings. The van der Waals surface area contributed by atoms with Crippen molar-refractivity contribution in [3.8, 4) is 0 Å². The maximum Gasteiger partial charge on any atom is 0.309 e. The van der Waals surface area contributed by atoms with E-state index in [0.29, 0.717) is 6.42 Å². The molecule has 0 aromatic carbocycles. The Morgan fingerprint density at radius 2 is 1.37 bits per heavy atom. The highest BCUT2D eigenvalue weighted by Crippen LogP contribution is 2.16. The van der Waals surface area contributed by atoms with E-state index >= 15 is 0 Å². The summed E-state index contributed by atoms with van der Waals surface area (Å²) < 4.78 is 10.5. The Balaban J connectivity index is 4.16. The number of ether oxygens (including phenoxy) is 2. The zero-order chi connectivity index (χ0) is 20.7. The average molecular weight is 386 g/mol. The summed E-state index contributed by atoms with van der Waals surface area (Å²) in [7, 11) is 0. The molecule has 1 amide bonds. The van der Waals surface area contributed by atoms with Gasteiger partial charge in [0.2, 0.25) is 0 Å². The third-order valence-electron chi connectivity index (χ3n) is 4.77. The normalized spacial score (nSPS) is 14.1. The standard InChI is InChI=1S/C21H39NO5/c1-6-10-12-17(8-3)20(24)26-15-14-22-19(23)16(5)27-21(25)18(9-4)13-11-7-2/h16-18H,6-15H2,1-5H3,(H,22,23)/t16-,17+,18+/m1/s1. The van der Waals surface area contributed by atoms with Gasteiger partial charge in [-0.05, 0) is 32.6 Å². The van der Waals surface area contributed by atoms with Gasteiger partial charge in [0.15, 0.2) is 6.10 Å². The quantitative estimate of drug-likeness (QED) is 0.340. The van der Waals surface area contributed by atoms with Gasteiger partial charge in [-0.25, -0.2) is 0 Å². The van der Waals surface area contributed by atoms with Gasteiger partial charge in [0.1, 0.15) is 6.61 Å². The first-order valence-corrected chi connectivity index (χ1v) is 10.6. The highest BCUT2D eigenvalue weighted by Gasteiger charge is 2.23. The minimum Gasteiger partial charge on any atom is -0.464 e. The summed E-state index contributed by atoms with van der Waals surface area (Å²) in [6, 6.07) is 0. The molecule has 6 heteroatoms. The summed E-state index contributed by atoms with van der Waals surface area (Å²) in [5, 5.41) is 2.65. The Morgan fingerprint density at radius 1 is 0.852 bits per heavy atom.